The van der Waals surface area contributed by atoms with E-state index in [0.717, 1.165) is 61.2 Å². The van der Waals surface area contributed by atoms with Gasteiger partial charge in [0, 0.05) is 6.42 Å². The van der Waals surface area contributed by atoms with E-state index >= 15 is 0 Å². The summed E-state index contributed by atoms with van der Waals surface area (Å²) in [5.74, 6) is 6.76. The number of carbonyl (C=O) groups excluding carboxylic acids is 1. The molecule has 0 aromatic carbocycles. The van der Waals surface area contributed by atoms with Gasteiger partial charge in [0.15, 0.2) is 0 Å². The van der Waals surface area contributed by atoms with E-state index in [1.807, 2.05) is 0 Å². The van der Waals surface area contributed by atoms with Crippen molar-refractivity contribution < 1.29 is 14.3 Å². The van der Waals surface area contributed by atoms with E-state index in [9.17, 15) is 10.1 Å². The molecule has 5 saturated carbocycles. The Bertz CT molecular complexity index is 779. The fourth-order valence-corrected chi connectivity index (χ4v) is 9.78. The summed E-state index contributed by atoms with van der Waals surface area (Å²) in [5, 5.41) is 10.00. The summed E-state index contributed by atoms with van der Waals surface area (Å²) in [6.45, 7) is 0.684. The monoisotopic (exact) mass is 379 g/mol. The molecule has 148 valence electrons. The van der Waals surface area contributed by atoms with Gasteiger partial charge in [-0.25, -0.2) is 0 Å². The minimum atomic E-state index is -0.379. The van der Waals surface area contributed by atoms with E-state index in [-0.39, 0.29) is 24.1 Å². The summed E-state index contributed by atoms with van der Waals surface area (Å²) >= 11 is 0. The maximum atomic E-state index is 13.2. The van der Waals surface area contributed by atoms with E-state index in [2.05, 4.69) is 18.2 Å². The van der Waals surface area contributed by atoms with Crippen LogP contribution in [0.25, 0.3) is 0 Å². The van der Waals surface area contributed by atoms with Crippen LogP contribution in [0.4, 0.5) is 0 Å². The largest absolute Gasteiger partial charge is 0.435 e. The van der Waals surface area contributed by atoms with Crippen LogP contribution in [0.15, 0.2) is 12.2 Å². The molecule has 0 amide bonds. The molecule has 0 spiro atoms. The first-order valence-electron chi connectivity index (χ1n) is 11.7. The van der Waals surface area contributed by atoms with Gasteiger partial charge in [-0.1, -0.05) is 12.2 Å². The molecule has 4 heteroatoms. The number of hydrogen-bond acceptors (Lipinski definition) is 4. The van der Waals surface area contributed by atoms with Gasteiger partial charge >= 0.3 is 5.97 Å². The summed E-state index contributed by atoms with van der Waals surface area (Å²) in [7, 11) is 0. The standard InChI is InChI=1S/C24H29NO3/c25-10-17-13-8-16(23(17)24(26)28-18-3-1-2-6-27-18)22-15-9-14(21(13)22)19-11-4-5-12(7-11)20(15)19/h4-5,11-23H,1-3,6-9H2. The summed E-state index contributed by atoms with van der Waals surface area (Å²) in [5.41, 5.74) is 0. The molecule has 7 rings (SSSR count). The third-order valence-corrected chi connectivity index (χ3v) is 10.2. The maximum Gasteiger partial charge on any atom is 0.312 e. The Labute approximate surface area is 166 Å². The van der Waals surface area contributed by atoms with E-state index in [4.69, 9.17) is 9.47 Å². The highest BCUT2D eigenvalue weighted by molar-refractivity contribution is 5.75. The number of rotatable bonds is 2. The van der Waals surface area contributed by atoms with Crippen molar-refractivity contribution >= 4 is 5.97 Å². The van der Waals surface area contributed by atoms with Crippen molar-refractivity contribution in [3.05, 3.63) is 12.2 Å². The molecule has 6 fully saturated rings. The Hall–Kier alpha value is -1.34. The van der Waals surface area contributed by atoms with Crippen LogP contribution in [-0.4, -0.2) is 18.9 Å². The lowest BCUT2D eigenvalue weighted by Gasteiger charge is -2.46. The molecule has 0 radical (unpaired) electrons. The average molecular weight is 380 g/mol. The number of nitriles is 1. The van der Waals surface area contributed by atoms with Crippen molar-refractivity contribution in [3.63, 3.8) is 0 Å². The third-order valence-electron chi connectivity index (χ3n) is 10.2. The van der Waals surface area contributed by atoms with Crippen LogP contribution >= 0.6 is 0 Å². The molecule has 0 aromatic heterocycles. The zero-order chi connectivity index (χ0) is 18.6. The quantitative estimate of drug-likeness (QED) is 0.416. The molecular formula is C24H29NO3. The molecule has 13 atom stereocenters. The van der Waals surface area contributed by atoms with Crippen molar-refractivity contribution in [2.45, 2.75) is 44.8 Å². The van der Waals surface area contributed by atoms with Crippen LogP contribution in [0.2, 0.25) is 0 Å². The first-order valence-corrected chi connectivity index (χ1v) is 11.7. The fraction of sp³-hybridized carbons (Fsp3) is 0.833. The van der Waals surface area contributed by atoms with E-state index in [1.165, 1.54) is 12.8 Å². The van der Waals surface area contributed by atoms with Gasteiger partial charge in [-0.15, -0.1) is 0 Å². The normalized spacial score (nSPS) is 59.3. The number of allylic oxidation sites excluding steroid dienone is 2. The first kappa shape index (κ1) is 16.5. The predicted molar refractivity (Wildman–Crippen MR) is 100 cm³/mol. The number of hydrogen-bond donors (Lipinski definition) is 0. The van der Waals surface area contributed by atoms with E-state index in [1.54, 1.807) is 0 Å². The van der Waals surface area contributed by atoms with Crippen LogP contribution in [0.5, 0.6) is 0 Å². The van der Waals surface area contributed by atoms with Crippen LogP contribution in [0.3, 0.4) is 0 Å². The van der Waals surface area contributed by atoms with Crippen LogP contribution < -0.4 is 0 Å². The molecule has 6 bridgehead atoms. The second-order valence-corrected chi connectivity index (χ2v) is 10.8. The van der Waals surface area contributed by atoms with Crippen molar-refractivity contribution in [2.24, 2.45) is 71.0 Å². The Morgan fingerprint density at radius 2 is 1.64 bits per heavy atom. The predicted octanol–water partition coefficient (Wildman–Crippen LogP) is 3.78. The highest BCUT2D eigenvalue weighted by Crippen LogP contribution is 2.77. The number of ether oxygens (including phenoxy) is 2. The zero-order valence-corrected chi connectivity index (χ0v) is 16.3. The number of carbonyl (C=O) groups is 1. The molecule has 0 N–H and O–H groups in total. The molecule has 1 saturated heterocycles. The Balaban J connectivity index is 1.17. The lowest BCUT2D eigenvalue weighted by Crippen LogP contribution is -2.47. The summed E-state index contributed by atoms with van der Waals surface area (Å²) < 4.78 is 11.5. The third kappa shape index (κ3) is 1.88. The highest BCUT2D eigenvalue weighted by atomic mass is 16.7. The molecule has 13 unspecified atom stereocenters. The number of fused-ring (bicyclic) bond motifs is 16. The summed E-state index contributed by atoms with van der Waals surface area (Å²) in [6, 6.07) is 2.57. The van der Waals surface area contributed by atoms with Crippen LogP contribution in [0.1, 0.15) is 38.5 Å². The van der Waals surface area contributed by atoms with Gasteiger partial charge in [0.1, 0.15) is 0 Å². The second kappa shape index (κ2) is 5.63. The lowest BCUT2D eigenvalue weighted by atomic mass is 9.57. The molecule has 7 aliphatic rings. The van der Waals surface area contributed by atoms with Gasteiger partial charge in [0.25, 0.3) is 0 Å². The summed E-state index contributed by atoms with van der Waals surface area (Å²) in [4.78, 5) is 13.2. The van der Waals surface area contributed by atoms with Crippen LogP contribution in [-0.2, 0) is 14.3 Å². The zero-order valence-electron chi connectivity index (χ0n) is 16.3. The molecular weight excluding hydrogens is 350 g/mol. The molecule has 1 heterocycles. The minimum Gasteiger partial charge on any atom is -0.435 e. The van der Waals surface area contributed by atoms with Gasteiger partial charge in [-0.05, 0) is 91.3 Å². The first-order chi connectivity index (χ1) is 13.8. The van der Waals surface area contributed by atoms with Gasteiger partial charge in [0.05, 0.1) is 24.5 Å². The SMILES string of the molecule is N#CC1C2CC(C1C(=O)OC1CCCCO1)C1C3CC(C4C5C=CC(C5)C34)C21. The topological polar surface area (TPSA) is 59.3 Å². The Kier molecular flexibility index (Phi) is 3.31. The lowest BCUT2D eigenvalue weighted by molar-refractivity contribution is -0.195. The van der Waals surface area contributed by atoms with E-state index in [0.29, 0.717) is 30.3 Å². The molecule has 0 aromatic rings. The number of esters is 1. The maximum absolute atomic E-state index is 13.2. The minimum absolute atomic E-state index is 0.128. The van der Waals surface area contributed by atoms with Crippen molar-refractivity contribution in [2.75, 3.05) is 6.61 Å². The van der Waals surface area contributed by atoms with Gasteiger partial charge < -0.3 is 9.47 Å². The molecule has 28 heavy (non-hydrogen) atoms. The van der Waals surface area contributed by atoms with Gasteiger partial charge in [0.2, 0.25) is 6.29 Å². The fourth-order valence-electron chi connectivity index (χ4n) is 9.78. The van der Waals surface area contributed by atoms with Crippen molar-refractivity contribution in [1.82, 2.24) is 0 Å². The molecule has 4 nitrogen and oxygen atoms in total. The molecule has 6 aliphatic carbocycles. The van der Waals surface area contributed by atoms with Crippen LogP contribution in [0, 0.1) is 82.3 Å². The van der Waals surface area contributed by atoms with Crippen molar-refractivity contribution in [1.29, 1.82) is 5.26 Å². The molecule has 1 aliphatic heterocycles. The second-order valence-electron chi connectivity index (χ2n) is 10.8. The Morgan fingerprint density at radius 1 is 0.929 bits per heavy atom. The highest BCUT2D eigenvalue weighted by Gasteiger charge is 2.73. The average Bonchev–Trinajstić information content (AvgIpc) is 3.53. The van der Waals surface area contributed by atoms with Gasteiger partial charge in [-0.3, -0.25) is 4.79 Å². The van der Waals surface area contributed by atoms with Gasteiger partial charge in [-0.2, -0.15) is 5.26 Å². The summed E-state index contributed by atoms with van der Waals surface area (Å²) in [6.07, 6.45) is 11.4. The Morgan fingerprint density at radius 3 is 2.32 bits per heavy atom. The number of nitrogens with zero attached hydrogens (tertiary/aromatic N) is 1. The van der Waals surface area contributed by atoms with Crippen molar-refractivity contribution in [3.8, 4) is 6.07 Å². The smallest absolute Gasteiger partial charge is 0.312 e. The van der Waals surface area contributed by atoms with E-state index < -0.39 is 0 Å².